The summed E-state index contributed by atoms with van der Waals surface area (Å²) < 4.78 is 0. The third-order valence-corrected chi connectivity index (χ3v) is 4.00. The molecule has 1 aliphatic carbocycles. The van der Waals surface area contributed by atoms with Crippen LogP contribution >= 0.6 is 0 Å². The molecule has 0 radical (unpaired) electrons. The standard InChI is InChI=1S/C15H23N3O/c1-3-6-15(7-8-15)10-17-14(19)13-5-4-12(18-16)9-11(13)2/h4-5,9,18H,3,6-8,10,16H2,1-2H3,(H,17,19). The van der Waals surface area contributed by atoms with Crippen molar-refractivity contribution in [2.24, 2.45) is 11.3 Å². The Morgan fingerprint density at radius 3 is 2.68 bits per heavy atom. The maximum Gasteiger partial charge on any atom is 0.251 e. The van der Waals surface area contributed by atoms with Crippen molar-refractivity contribution < 1.29 is 4.79 Å². The minimum Gasteiger partial charge on any atom is -0.351 e. The highest BCUT2D eigenvalue weighted by atomic mass is 16.1. The van der Waals surface area contributed by atoms with Crippen molar-refractivity contribution in [1.29, 1.82) is 0 Å². The van der Waals surface area contributed by atoms with Gasteiger partial charge in [0.25, 0.3) is 5.91 Å². The fourth-order valence-corrected chi connectivity index (χ4v) is 2.59. The first kappa shape index (κ1) is 13.9. The van der Waals surface area contributed by atoms with Crippen LogP contribution in [-0.2, 0) is 0 Å². The predicted octanol–water partition coefficient (Wildman–Crippen LogP) is 2.59. The number of nitrogens with two attached hydrogens (primary N) is 1. The molecule has 1 aromatic rings. The van der Waals surface area contributed by atoms with Crippen LogP contribution in [0.5, 0.6) is 0 Å². The van der Waals surface area contributed by atoms with E-state index in [0.29, 0.717) is 5.41 Å². The van der Waals surface area contributed by atoms with E-state index in [1.54, 1.807) is 0 Å². The average molecular weight is 261 g/mol. The number of hydrogen-bond acceptors (Lipinski definition) is 3. The molecule has 104 valence electrons. The number of amides is 1. The Morgan fingerprint density at radius 2 is 2.16 bits per heavy atom. The van der Waals surface area contributed by atoms with Crippen LogP contribution in [0.2, 0.25) is 0 Å². The molecule has 0 heterocycles. The number of nitrogens with one attached hydrogen (secondary N) is 2. The molecule has 1 amide bonds. The molecule has 1 fully saturated rings. The summed E-state index contributed by atoms with van der Waals surface area (Å²) in [4.78, 5) is 12.2. The van der Waals surface area contributed by atoms with Crippen molar-refractivity contribution in [1.82, 2.24) is 5.32 Å². The van der Waals surface area contributed by atoms with E-state index in [1.807, 2.05) is 25.1 Å². The third-order valence-electron chi connectivity index (χ3n) is 4.00. The fraction of sp³-hybridized carbons (Fsp3) is 0.533. The molecule has 1 saturated carbocycles. The maximum atomic E-state index is 12.2. The lowest BCUT2D eigenvalue weighted by Gasteiger charge is -2.15. The highest BCUT2D eigenvalue weighted by molar-refractivity contribution is 5.96. The monoisotopic (exact) mass is 261 g/mol. The summed E-state index contributed by atoms with van der Waals surface area (Å²) in [5.74, 6) is 5.37. The molecule has 0 unspecified atom stereocenters. The van der Waals surface area contributed by atoms with E-state index >= 15 is 0 Å². The topological polar surface area (TPSA) is 67.2 Å². The Morgan fingerprint density at radius 1 is 1.42 bits per heavy atom. The predicted molar refractivity (Wildman–Crippen MR) is 77.9 cm³/mol. The van der Waals surface area contributed by atoms with Gasteiger partial charge in [0, 0.05) is 17.8 Å². The van der Waals surface area contributed by atoms with Gasteiger partial charge in [-0.05, 0) is 55.4 Å². The zero-order chi connectivity index (χ0) is 13.9. The van der Waals surface area contributed by atoms with Gasteiger partial charge in [-0.15, -0.1) is 0 Å². The summed E-state index contributed by atoms with van der Waals surface area (Å²) >= 11 is 0. The molecule has 0 bridgehead atoms. The zero-order valence-corrected chi connectivity index (χ0v) is 11.8. The normalized spacial score (nSPS) is 15.9. The summed E-state index contributed by atoms with van der Waals surface area (Å²) in [7, 11) is 0. The Labute approximate surface area is 114 Å². The molecule has 0 saturated heterocycles. The van der Waals surface area contributed by atoms with Crippen LogP contribution in [0.15, 0.2) is 18.2 Å². The van der Waals surface area contributed by atoms with Crippen LogP contribution in [0.1, 0.15) is 48.5 Å². The highest BCUT2D eigenvalue weighted by Gasteiger charge is 2.41. The molecule has 2 rings (SSSR count). The van der Waals surface area contributed by atoms with Gasteiger partial charge in [0.2, 0.25) is 0 Å². The number of carbonyl (C=O) groups excluding carboxylic acids is 1. The molecule has 4 N–H and O–H groups in total. The first-order chi connectivity index (χ1) is 9.10. The van der Waals surface area contributed by atoms with Crippen molar-refractivity contribution in [3.63, 3.8) is 0 Å². The van der Waals surface area contributed by atoms with E-state index in [9.17, 15) is 4.79 Å². The number of rotatable bonds is 6. The summed E-state index contributed by atoms with van der Waals surface area (Å²) in [6.07, 6.45) is 4.89. The van der Waals surface area contributed by atoms with Crippen molar-refractivity contribution in [3.05, 3.63) is 29.3 Å². The third kappa shape index (κ3) is 3.26. The SMILES string of the molecule is CCCC1(CNC(=O)c2ccc(NN)cc2C)CC1. The van der Waals surface area contributed by atoms with Crippen molar-refractivity contribution >= 4 is 11.6 Å². The Kier molecular flexibility index (Phi) is 4.10. The molecule has 4 nitrogen and oxygen atoms in total. The highest BCUT2D eigenvalue weighted by Crippen LogP contribution is 2.48. The molecular weight excluding hydrogens is 238 g/mol. The molecule has 4 heteroatoms. The molecule has 0 spiro atoms. The van der Waals surface area contributed by atoms with Crippen LogP contribution in [0, 0.1) is 12.3 Å². The van der Waals surface area contributed by atoms with Crippen LogP contribution in [0.4, 0.5) is 5.69 Å². The zero-order valence-electron chi connectivity index (χ0n) is 11.8. The Bertz CT molecular complexity index is 466. The second-order valence-electron chi connectivity index (χ2n) is 5.61. The van der Waals surface area contributed by atoms with E-state index in [-0.39, 0.29) is 5.91 Å². The van der Waals surface area contributed by atoms with E-state index < -0.39 is 0 Å². The molecule has 0 aromatic heterocycles. The molecular formula is C15H23N3O. The summed E-state index contributed by atoms with van der Waals surface area (Å²) in [5.41, 5.74) is 5.46. The molecule has 0 atom stereocenters. The Hall–Kier alpha value is -1.55. The largest absolute Gasteiger partial charge is 0.351 e. The lowest BCUT2D eigenvalue weighted by Crippen LogP contribution is -2.30. The fourth-order valence-electron chi connectivity index (χ4n) is 2.59. The van der Waals surface area contributed by atoms with Gasteiger partial charge in [-0.2, -0.15) is 0 Å². The maximum absolute atomic E-state index is 12.2. The van der Waals surface area contributed by atoms with Crippen molar-refractivity contribution in [2.75, 3.05) is 12.0 Å². The van der Waals surface area contributed by atoms with E-state index in [1.165, 1.54) is 25.7 Å². The van der Waals surface area contributed by atoms with Crippen LogP contribution < -0.4 is 16.6 Å². The van der Waals surface area contributed by atoms with Crippen LogP contribution in [0.3, 0.4) is 0 Å². The summed E-state index contributed by atoms with van der Waals surface area (Å²) in [6.45, 7) is 4.93. The second-order valence-corrected chi connectivity index (χ2v) is 5.61. The molecule has 1 aliphatic rings. The van der Waals surface area contributed by atoms with Gasteiger partial charge in [0.1, 0.15) is 0 Å². The van der Waals surface area contributed by atoms with E-state index in [4.69, 9.17) is 5.84 Å². The number of carbonyl (C=O) groups is 1. The van der Waals surface area contributed by atoms with Crippen LogP contribution in [0.25, 0.3) is 0 Å². The smallest absolute Gasteiger partial charge is 0.251 e. The van der Waals surface area contributed by atoms with Gasteiger partial charge >= 0.3 is 0 Å². The summed E-state index contributed by atoms with van der Waals surface area (Å²) in [5, 5.41) is 3.07. The van der Waals surface area contributed by atoms with E-state index in [0.717, 1.165) is 23.4 Å². The second kappa shape index (κ2) is 5.61. The molecule has 0 aliphatic heterocycles. The van der Waals surface area contributed by atoms with Gasteiger partial charge < -0.3 is 10.7 Å². The van der Waals surface area contributed by atoms with Crippen LogP contribution in [-0.4, -0.2) is 12.5 Å². The molecule has 19 heavy (non-hydrogen) atoms. The number of benzene rings is 1. The number of hydrogen-bond donors (Lipinski definition) is 3. The van der Waals surface area contributed by atoms with Gasteiger partial charge in [0.15, 0.2) is 0 Å². The first-order valence-electron chi connectivity index (χ1n) is 6.96. The molecule has 1 aromatic carbocycles. The number of anilines is 1. The van der Waals surface area contributed by atoms with Gasteiger partial charge in [-0.1, -0.05) is 13.3 Å². The van der Waals surface area contributed by atoms with Gasteiger partial charge in [0.05, 0.1) is 0 Å². The Balaban J connectivity index is 1.96. The number of nitrogen functional groups attached to an aromatic ring is 1. The quantitative estimate of drug-likeness (QED) is 0.544. The average Bonchev–Trinajstić information content (AvgIpc) is 3.16. The van der Waals surface area contributed by atoms with Gasteiger partial charge in [-0.25, -0.2) is 0 Å². The lowest BCUT2D eigenvalue weighted by atomic mass is 10.0. The number of aryl methyl sites for hydroxylation is 1. The van der Waals surface area contributed by atoms with Gasteiger partial charge in [-0.3, -0.25) is 10.6 Å². The van der Waals surface area contributed by atoms with Crippen molar-refractivity contribution in [3.8, 4) is 0 Å². The minimum atomic E-state index is 0.0171. The minimum absolute atomic E-state index is 0.0171. The number of hydrazine groups is 1. The van der Waals surface area contributed by atoms with E-state index in [2.05, 4.69) is 17.7 Å². The summed E-state index contributed by atoms with van der Waals surface area (Å²) in [6, 6.07) is 5.52. The lowest BCUT2D eigenvalue weighted by molar-refractivity contribution is 0.0943. The van der Waals surface area contributed by atoms with Crippen molar-refractivity contribution in [2.45, 2.75) is 39.5 Å². The first-order valence-corrected chi connectivity index (χ1v) is 6.96.